The summed E-state index contributed by atoms with van der Waals surface area (Å²) in [6.07, 6.45) is 1.65. The molecule has 6 nitrogen and oxygen atoms in total. The van der Waals surface area contributed by atoms with Gasteiger partial charge in [-0.15, -0.1) is 11.8 Å². The highest BCUT2D eigenvalue weighted by atomic mass is 35.5. The average molecular weight is 646 g/mol. The zero-order valence-electron chi connectivity index (χ0n) is 25.3. The molecule has 0 spiro atoms. The minimum absolute atomic E-state index is 0.0933. The number of carbonyl (C=O) groups is 3. The lowest BCUT2D eigenvalue weighted by Crippen LogP contribution is -2.30. The van der Waals surface area contributed by atoms with E-state index in [0.29, 0.717) is 22.0 Å². The minimum Gasteiger partial charge on any atom is -0.325 e. The van der Waals surface area contributed by atoms with Gasteiger partial charge >= 0.3 is 0 Å². The summed E-state index contributed by atoms with van der Waals surface area (Å²) in [5.41, 5.74) is 5.18. The van der Waals surface area contributed by atoms with Crippen LogP contribution in [0.4, 0.5) is 11.4 Å². The number of anilines is 2. The van der Waals surface area contributed by atoms with Crippen molar-refractivity contribution in [3.8, 4) is 0 Å². The zero-order chi connectivity index (χ0) is 32.5. The van der Waals surface area contributed by atoms with Gasteiger partial charge in [0.05, 0.1) is 0 Å². The quantitative estimate of drug-likeness (QED) is 0.105. The lowest BCUT2D eigenvalue weighted by Gasteiger charge is -2.18. The molecule has 1 unspecified atom stereocenters. The monoisotopic (exact) mass is 645 g/mol. The summed E-state index contributed by atoms with van der Waals surface area (Å²) in [6.45, 7) is 3.86. The second-order valence-corrected chi connectivity index (χ2v) is 12.2. The molecule has 46 heavy (non-hydrogen) atoms. The van der Waals surface area contributed by atoms with Gasteiger partial charge in [0, 0.05) is 26.9 Å². The maximum atomic E-state index is 13.6. The summed E-state index contributed by atoms with van der Waals surface area (Å²) in [4.78, 5) is 41.0. The normalized spacial score (nSPS) is 11.8. The fourth-order valence-corrected chi connectivity index (χ4v) is 5.89. The fourth-order valence-electron chi connectivity index (χ4n) is 4.63. The van der Waals surface area contributed by atoms with Crippen LogP contribution in [0.5, 0.6) is 0 Å². The maximum absolute atomic E-state index is 13.6. The molecule has 0 aliphatic rings. The number of amides is 3. The summed E-state index contributed by atoms with van der Waals surface area (Å²) in [5.74, 6) is -1.09. The maximum Gasteiger partial charge on any atom is 0.272 e. The van der Waals surface area contributed by atoms with Crippen molar-refractivity contribution in [1.82, 2.24) is 5.32 Å². The Morgan fingerprint density at radius 2 is 1.41 bits per heavy atom. The Labute approximate surface area is 277 Å². The summed E-state index contributed by atoms with van der Waals surface area (Å²) in [7, 11) is 0. The molecule has 0 aliphatic carbocycles. The van der Waals surface area contributed by atoms with Crippen molar-refractivity contribution in [1.29, 1.82) is 0 Å². The van der Waals surface area contributed by atoms with E-state index >= 15 is 0 Å². The summed E-state index contributed by atoms with van der Waals surface area (Å²) >= 11 is 7.66. The van der Waals surface area contributed by atoms with Gasteiger partial charge in [0.25, 0.3) is 11.8 Å². The molecule has 230 valence electrons. The molecule has 3 amide bonds. The molecule has 5 aromatic carbocycles. The molecule has 0 saturated carbocycles. The largest absolute Gasteiger partial charge is 0.325 e. The van der Waals surface area contributed by atoms with Crippen LogP contribution in [-0.4, -0.2) is 17.7 Å². The van der Waals surface area contributed by atoms with Gasteiger partial charge in [0.1, 0.15) is 10.9 Å². The van der Waals surface area contributed by atoms with Gasteiger partial charge < -0.3 is 16.0 Å². The molecule has 0 fully saturated rings. The molecule has 0 bridgehead atoms. The van der Waals surface area contributed by atoms with Crippen LogP contribution in [0, 0.1) is 13.8 Å². The lowest BCUT2D eigenvalue weighted by atomic mass is 10.1. The molecule has 0 aliphatic heterocycles. The molecule has 5 aromatic rings. The lowest BCUT2D eigenvalue weighted by molar-refractivity contribution is -0.116. The highest BCUT2D eigenvalue weighted by Crippen LogP contribution is 2.37. The number of benzene rings is 5. The van der Waals surface area contributed by atoms with Crippen LogP contribution in [0.15, 0.2) is 138 Å². The number of hydrogen-bond acceptors (Lipinski definition) is 4. The van der Waals surface area contributed by atoms with E-state index in [1.54, 1.807) is 48.5 Å². The van der Waals surface area contributed by atoms with Crippen LogP contribution in [0.1, 0.15) is 37.9 Å². The van der Waals surface area contributed by atoms with Crippen molar-refractivity contribution < 1.29 is 14.4 Å². The van der Waals surface area contributed by atoms with Gasteiger partial charge in [-0.1, -0.05) is 102 Å². The number of thioether (sulfide) groups is 1. The minimum atomic E-state index is -0.589. The standard InChI is InChI=1S/C38H32ClN3O3S/c1-25-11-9-12-27(21-25)22-34(42-36(43)29-15-7-4-8-16-29)37(44)40-30-17-10-18-32(23-30)46-35(28-13-5-3-6-14-28)38(45)41-31-20-19-26(2)33(39)24-31/h3-24,35H,1-2H3,(H,40,44)(H,41,45)(H,42,43)/b34-22+. The first-order valence-corrected chi connectivity index (χ1v) is 15.9. The van der Waals surface area contributed by atoms with Gasteiger partial charge in [0.2, 0.25) is 5.91 Å². The molecule has 1 atom stereocenters. The Bertz CT molecular complexity index is 1890. The second kappa shape index (κ2) is 15.3. The third-order valence-electron chi connectivity index (χ3n) is 7.01. The van der Waals surface area contributed by atoms with Crippen molar-refractivity contribution >= 4 is 58.5 Å². The molecule has 5 rings (SSSR count). The molecule has 0 radical (unpaired) electrons. The number of halogens is 1. The first kappa shape index (κ1) is 32.3. The Kier molecular flexibility index (Phi) is 10.7. The van der Waals surface area contributed by atoms with E-state index in [1.807, 2.05) is 98.8 Å². The highest BCUT2D eigenvalue weighted by Gasteiger charge is 2.23. The van der Waals surface area contributed by atoms with E-state index in [0.717, 1.165) is 27.1 Å². The van der Waals surface area contributed by atoms with Gasteiger partial charge in [0.15, 0.2) is 0 Å². The average Bonchev–Trinajstić information content (AvgIpc) is 3.06. The van der Waals surface area contributed by atoms with Crippen LogP contribution in [-0.2, 0) is 9.59 Å². The Morgan fingerprint density at radius 3 is 2.13 bits per heavy atom. The van der Waals surface area contributed by atoms with Crippen molar-refractivity contribution in [2.24, 2.45) is 0 Å². The van der Waals surface area contributed by atoms with E-state index in [2.05, 4.69) is 16.0 Å². The van der Waals surface area contributed by atoms with E-state index in [1.165, 1.54) is 11.8 Å². The fraction of sp³-hybridized carbons (Fsp3) is 0.0789. The number of hydrogen-bond donors (Lipinski definition) is 3. The van der Waals surface area contributed by atoms with Crippen LogP contribution >= 0.6 is 23.4 Å². The van der Waals surface area contributed by atoms with Gasteiger partial charge in [-0.05, 0) is 79.1 Å². The molecule has 0 aromatic heterocycles. The van der Waals surface area contributed by atoms with Crippen LogP contribution in [0.2, 0.25) is 5.02 Å². The first-order chi connectivity index (χ1) is 22.2. The van der Waals surface area contributed by atoms with E-state index in [4.69, 9.17) is 11.6 Å². The Balaban J connectivity index is 1.38. The van der Waals surface area contributed by atoms with Gasteiger partial charge in [-0.25, -0.2) is 0 Å². The molecular weight excluding hydrogens is 614 g/mol. The number of nitrogens with one attached hydrogen (secondary N) is 3. The Hall–Kier alpha value is -5.11. The molecule has 8 heteroatoms. The SMILES string of the molecule is Cc1cccc(/C=C(/NC(=O)c2ccccc2)C(=O)Nc2cccc(SC(C(=O)Nc3ccc(C)c(Cl)c3)c3ccccc3)c2)c1. The Morgan fingerprint density at radius 1 is 0.717 bits per heavy atom. The zero-order valence-corrected chi connectivity index (χ0v) is 26.9. The predicted octanol–water partition coefficient (Wildman–Crippen LogP) is 8.84. The number of aryl methyl sites for hydroxylation is 2. The third-order valence-corrected chi connectivity index (χ3v) is 8.66. The predicted molar refractivity (Wildman–Crippen MR) is 188 cm³/mol. The molecule has 0 heterocycles. The van der Waals surface area contributed by atoms with Crippen molar-refractivity contribution in [2.75, 3.05) is 10.6 Å². The first-order valence-electron chi connectivity index (χ1n) is 14.6. The number of rotatable bonds is 10. The van der Waals surface area contributed by atoms with E-state index in [9.17, 15) is 14.4 Å². The molecule has 0 saturated heterocycles. The van der Waals surface area contributed by atoms with Crippen molar-refractivity contribution in [2.45, 2.75) is 24.0 Å². The van der Waals surface area contributed by atoms with Gasteiger partial charge in [-0.3, -0.25) is 14.4 Å². The molecular formula is C38H32ClN3O3S. The topological polar surface area (TPSA) is 87.3 Å². The highest BCUT2D eigenvalue weighted by molar-refractivity contribution is 8.00. The third kappa shape index (κ3) is 8.75. The van der Waals surface area contributed by atoms with Crippen molar-refractivity contribution in [3.05, 3.63) is 166 Å². The van der Waals surface area contributed by atoms with Crippen LogP contribution < -0.4 is 16.0 Å². The smallest absolute Gasteiger partial charge is 0.272 e. The number of carbonyl (C=O) groups excluding carboxylic acids is 3. The second-order valence-electron chi connectivity index (χ2n) is 10.6. The summed E-state index contributed by atoms with van der Waals surface area (Å²) < 4.78 is 0. The van der Waals surface area contributed by atoms with Crippen LogP contribution in [0.25, 0.3) is 6.08 Å². The van der Waals surface area contributed by atoms with E-state index in [-0.39, 0.29) is 11.6 Å². The summed E-state index contributed by atoms with van der Waals surface area (Å²) in [5, 5.41) is 8.66. The summed E-state index contributed by atoms with van der Waals surface area (Å²) in [6, 6.07) is 38.5. The van der Waals surface area contributed by atoms with Crippen molar-refractivity contribution in [3.63, 3.8) is 0 Å². The van der Waals surface area contributed by atoms with Crippen LogP contribution in [0.3, 0.4) is 0 Å². The van der Waals surface area contributed by atoms with Gasteiger partial charge in [-0.2, -0.15) is 0 Å². The van der Waals surface area contributed by atoms with E-state index < -0.39 is 17.1 Å². The molecule has 3 N–H and O–H groups in total.